The number of aliphatic carboxylic acids is 1. The summed E-state index contributed by atoms with van der Waals surface area (Å²) >= 11 is 0. The maximum Gasteiger partial charge on any atom is 0.323 e. The van der Waals surface area contributed by atoms with E-state index in [2.05, 4.69) is 0 Å². The predicted molar refractivity (Wildman–Crippen MR) is 68.2 cm³/mol. The first-order valence-corrected chi connectivity index (χ1v) is 5.68. The number of carboxylic acids is 1. The third-order valence-corrected chi connectivity index (χ3v) is 2.50. The molecule has 0 fully saturated rings. The Hall–Kier alpha value is -2.24. The minimum atomic E-state index is -1.13. The van der Waals surface area contributed by atoms with Gasteiger partial charge in [-0.2, -0.15) is 0 Å². The summed E-state index contributed by atoms with van der Waals surface area (Å²) in [7, 11) is 0. The molecule has 6 nitrogen and oxygen atoms in total. The molecule has 6 heteroatoms. The van der Waals surface area contributed by atoms with Crippen molar-refractivity contribution in [1.82, 2.24) is 4.90 Å². The molecular weight excluding hydrogens is 250 g/mol. The van der Waals surface area contributed by atoms with E-state index in [9.17, 15) is 19.8 Å². The van der Waals surface area contributed by atoms with Crippen molar-refractivity contribution in [2.75, 3.05) is 6.54 Å². The predicted octanol–water partition coefficient (Wildman–Crippen LogP) is 1.42. The van der Waals surface area contributed by atoms with Gasteiger partial charge in [-0.15, -0.1) is 0 Å². The molecule has 19 heavy (non-hydrogen) atoms. The molecule has 1 rings (SSSR count). The Morgan fingerprint density at radius 1 is 1.11 bits per heavy atom. The lowest BCUT2D eigenvalue weighted by Crippen LogP contribution is -2.48. The van der Waals surface area contributed by atoms with Crippen molar-refractivity contribution in [3.63, 3.8) is 0 Å². The molecule has 0 saturated heterocycles. The van der Waals surface area contributed by atoms with Gasteiger partial charge in [0.2, 0.25) is 0 Å². The fourth-order valence-electron chi connectivity index (χ4n) is 1.62. The van der Waals surface area contributed by atoms with Crippen molar-refractivity contribution in [1.29, 1.82) is 0 Å². The Kier molecular flexibility index (Phi) is 4.04. The summed E-state index contributed by atoms with van der Waals surface area (Å²) in [5.74, 6) is -2.21. The third-order valence-electron chi connectivity index (χ3n) is 2.50. The molecule has 0 aliphatic heterocycles. The summed E-state index contributed by atoms with van der Waals surface area (Å²) in [6, 6.07) is 3.46. The summed E-state index contributed by atoms with van der Waals surface area (Å²) in [5, 5.41) is 27.6. The third kappa shape index (κ3) is 3.87. The number of hydrogen-bond acceptors (Lipinski definition) is 4. The van der Waals surface area contributed by atoms with E-state index in [1.807, 2.05) is 0 Å². The van der Waals surface area contributed by atoms with Gasteiger partial charge in [0.15, 0.2) is 0 Å². The van der Waals surface area contributed by atoms with Crippen LogP contribution in [0.5, 0.6) is 11.5 Å². The number of nitrogens with zero attached hydrogens (tertiary/aromatic N) is 1. The summed E-state index contributed by atoms with van der Waals surface area (Å²) in [4.78, 5) is 24.3. The topological polar surface area (TPSA) is 98.1 Å². The van der Waals surface area contributed by atoms with Gasteiger partial charge in [-0.25, -0.2) is 0 Å². The van der Waals surface area contributed by atoms with Crippen LogP contribution in [0.2, 0.25) is 0 Å². The number of rotatable bonds is 3. The zero-order chi connectivity index (χ0) is 14.8. The molecular formula is C13H17NO5. The maximum absolute atomic E-state index is 12.3. The van der Waals surface area contributed by atoms with Gasteiger partial charge < -0.3 is 20.2 Å². The highest BCUT2D eigenvalue weighted by Crippen LogP contribution is 2.24. The number of amides is 1. The quantitative estimate of drug-likeness (QED) is 0.769. The highest BCUT2D eigenvalue weighted by atomic mass is 16.4. The number of hydrogen-bond donors (Lipinski definition) is 3. The molecule has 0 aliphatic carbocycles. The minimum Gasteiger partial charge on any atom is -0.508 e. The summed E-state index contributed by atoms with van der Waals surface area (Å²) in [6.45, 7) is 4.65. The van der Waals surface area contributed by atoms with Crippen LogP contribution in [0.3, 0.4) is 0 Å². The SMILES string of the molecule is CC(C)(C)N(CC(=O)O)C(=O)c1cc(O)cc(O)c1. The van der Waals surface area contributed by atoms with Crippen molar-refractivity contribution < 1.29 is 24.9 Å². The molecule has 0 aliphatic rings. The maximum atomic E-state index is 12.3. The largest absolute Gasteiger partial charge is 0.508 e. The monoisotopic (exact) mass is 267 g/mol. The summed E-state index contributed by atoms with van der Waals surface area (Å²) < 4.78 is 0. The summed E-state index contributed by atoms with van der Waals surface area (Å²) in [5.41, 5.74) is -0.662. The summed E-state index contributed by atoms with van der Waals surface area (Å²) in [6.07, 6.45) is 0. The molecule has 1 amide bonds. The lowest BCUT2D eigenvalue weighted by molar-refractivity contribution is -0.138. The number of carboxylic acid groups (broad SMARTS) is 1. The lowest BCUT2D eigenvalue weighted by Gasteiger charge is -2.34. The zero-order valence-electron chi connectivity index (χ0n) is 11.0. The highest BCUT2D eigenvalue weighted by Gasteiger charge is 2.29. The van der Waals surface area contributed by atoms with Crippen molar-refractivity contribution >= 4 is 11.9 Å². The van der Waals surface area contributed by atoms with Crippen molar-refractivity contribution in [2.24, 2.45) is 0 Å². The van der Waals surface area contributed by atoms with E-state index in [0.717, 1.165) is 11.0 Å². The minimum absolute atomic E-state index is 0.0358. The van der Waals surface area contributed by atoms with Crippen LogP contribution in [-0.2, 0) is 4.79 Å². The molecule has 0 spiro atoms. The smallest absolute Gasteiger partial charge is 0.323 e. The average molecular weight is 267 g/mol. The van der Waals surface area contributed by atoms with Gasteiger partial charge in [0.25, 0.3) is 5.91 Å². The standard InChI is InChI=1S/C13H17NO5/c1-13(2,3)14(7-11(17)18)12(19)8-4-9(15)6-10(16)5-8/h4-6,15-16H,7H2,1-3H3,(H,17,18). The molecule has 0 heterocycles. The van der Waals surface area contributed by atoms with E-state index in [0.29, 0.717) is 0 Å². The van der Waals surface area contributed by atoms with Crippen molar-refractivity contribution in [2.45, 2.75) is 26.3 Å². The van der Waals surface area contributed by atoms with Crippen LogP contribution in [0.15, 0.2) is 18.2 Å². The van der Waals surface area contributed by atoms with E-state index in [4.69, 9.17) is 5.11 Å². The van der Waals surface area contributed by atoms with E-state index in [-0.39, 0.29) is 17.1 Å². The average Bonchev–Trinajstić information content (AvgIpc) is 2.21. The van der Waals surface area contributed by atoms with Gasteiger partial charge in [-0.1, -0.05) is 0 Å². The van der Waals surface area contributed by atoms with Gasteiger partial charge in [0.05, 0.1) is 0 Å². The van der Waals surface area contributed by atoms with Crippen LogP contribution in [0.1, 0.15) is 31.1 Å². The van der Waals surface area contributed by atoms with Crippen LogP contribution in [0.25, 0.3) is 0 Å². The Morgan fingerprint density at radius 2 is 1.58 bits per heavy atom. The fraction of sp³-hybridized carbons (Fsp3) is 0.385. The Bertz CT molecular complexity index is 484. The molecule has 3 N–H and O–H groups in total. The second kappa shape index (κ2) is 5.17. The molecule has 0 atom stereocenters. The number of benzene rings is 1. The second-order valence-electron chi connectivity index (χ2n) is 5.19. The van der Waals surface area contributed by atoms with Gasteiger partial charge in [-0.3, -0.25) is 9.59 Å². The molecule has 0 unspecified atom stereocenters. The first-order valence-electron chi connectivity index (χ1n) is 5.68. The molecule has 0 saturated carbocycles. The number of phenolic OH excluding ortho intramolecular Hbond substituents is 2. The van der Waals surface area contributed by atoms with Gasteiger partial charge >= 0.3 is 5.97 Å². The molecule has 0 aromatic heterocycles. The Labute approximate surface area is 110 Å². The van der Waals surface area contributed by atoms with Crippen LogP contribution < -0.4 is 0 Å². The molecule has 104 valence electrons. The van der Waals surface area contributed by atoms with E-state index in [1.165, 1.54) is 12.1 Å². The van der Waals surface area contributed by atoms with Crippen LogP contribution in [0, 0.1) is 0 Å². The van der Waals surface area contributed by atoms with E-state index in [1.54, 1.807) is 20.8 Å². The van der Waals surface area contributed by atoms with Crippen molar-refractivity contribution in [3.05, 3.63) is 23.8 Å². The van der Waals surface area contributed by atoms with Crippen LogP contribution >= 0.6 is 0 Å². The van der Waals surface area contributed by atoms with Gasteiger partial charge in [0, 0.05) is 17.2 Å². The first kappa shape index (κ1) is 14.8. The van der Waals surface area contributed by atoms with Crippen LogP contribution in [-0.4, -0.2) is 44.2 Å². The Morgan fingerprint density at radius 3 is 1.95 bits per heavy atom. The van der Waals surface area contributed by atoms with E-state index < -0.39 is 24.0 Å². The number of carbonyl (C=O) groups is 2. The van der Waals surface area contributed by atoms with Crippen molar-refractivity contribution in [3.8, 4) is 11.5 Å². The van der Waals surface area contributed by atoms with E-state index >= 15 is 0 Å². The number of aromatic hydroxyl groups is 2. The first-order chi connectivity index (χ1) is 8.61. The molecule has 0 radical (unpaired) electrons. The fourth-order valence-corrected chi connectivity index (χ4v) is 1.62. The highest BCUT2D eigenvalue weighted by molar-refractivity contribution is 5.97. The number of phenols is 2. The second-order valence-corrected chi connectivity index (χ2v) is 5.19. The lowest BCUT2D eigenvalue weighted by atomic mass is 10.0. The number of carbonyl (C=O) groups excluding carboxylic acids is 1. The van der Waals surface area contributed by atoms with Crippen LogP contribution in [0.4, 0.5) is 0 Å². The zero-order valence-corrected chi connectivity index (χ0v) is 11.0. The molecule has 1 aromatic rings. The van der Waals surface area contributed by atoms with Gasteiger partial charge in [-0.05, 0) is 32.9 Å². The van der Waals surface area contributed by atoms with Gasteiger partial charge in [0.1, 0.15) is 18.0 Å². The normalized spacial score (nSPS) is 11.1. The molecule has 1 aromatic carbocycles. The Balaban J connectivity index is 3.15. The molecule has 0 bridgehead atoms.